The number of aryl methyl sites for hydroxylation is 2. The molecule has 2 aromatic carbocycles. The highest BCUT2D eigenvalue weighted by molar-refractivity contribution is 5.98. The van der Waals surface area contributed by atoms with Crippen molar-refractivity contribution in [3.63, 3.8) is 0 Å². The number of benzene rings is 2. The van der Waals surface area contributed by atoms with E-state index >= 15 is 0 Å². The Morgan fingerprint density at radius 3 is 2.59 bits per heavy atom. The second kappa shape index (κ2) is 6.89. The fourth-order valence-electron chi connectivity index (χ4n) is 4.06. The number of amides is 1. The minimum absolute atomic E-state index is 0.0121. The molecule has 0 aliphatic heterocycles. The first-order chi connectivity index (χ1) is 14.1. The predicted octanol–water partition coefficient (Wildman–Crippen LogP) is 5.36. The van der Waals surface area contributed by atoms with Gasteiger partial charge in [0, 0.05) is 17.7 Å². The predicted molar refractivity (Wildman–Crippen MR) is 116 cm³/mol. The van der Waals surface area contributed by atoms with Crippen molar-refractivity contribution in [2.75, 3.05) is 5.32 Å². The van der Waals surface area contributed by atoms with E-state index in [0.29, 0.717) is 5.92 Å². The summed E-state index contributed by atoms with van der Waals surface area (Å²) >= 11 is 0. The summed E-state index contributed by atoms with van der Waals surface area (Å²) in [6.45, 7) is 4.12. The molecular formula is C25H23N3O. The highest BCUT2D eigenvalue weighted by Crippen LogP contribution is 2.48. The van der Waals surface area contributed by atoms with Gasteiger partial charge in [0.1, 0.15) is 17.2 Å². The Morgan fingerprint density at radius 1 is 1.03 bits per heavy atom. The van der Waals surface area contributed by atoms with Crippen molar-refractivity contribution in [1.82, 2.24) is 9.38 Å². The molecule has 1 amide bonds. The van der Waals surface area contributed by atoms with Gasteiger partial charge in [-0.25, -0.2) is 4.98 Å². The third-order valence-corrected chi connectivity index (χ3v) is 5.78. The molecule has 29 heavy (non-hydrogen) atoms. The summed E-state index contributed by atoms with van der Waals surface area (Å²) in [5.41, 5.74) is 6.22. The fraction of sp³-hybridized carbons (Fsp3) is 0.200. The van der Waals surface area contributed by atoms with Gasteiger partial charge in [0.05, 0.1) is 0 Å². The van der Waals surface area contributed by atoms with Gasteiger partial charge in [-0.3, -0.25) is 9.20 Å². The van der Waals surface area contributed by atoms with E-state index in [0.717, 1.165) is 40.3 Å². The lowest BCUT2D eigenvalue weighted by Crippen LogP contribution is -2.16. The molecule has 0 saturated heterocycles. The molecule has 1 fully saturated rings. The molecule has 2 heterocycles. The first-order valence-corrected chi connectivity index (χ1v) is 10.0. The van der Waals surface area contributed by atoms with Crippen molar-refractivity contribution in [3.05, 3.63) is 89.6 Å². The number of hydrogen-bond acceptors (Lipinski definition) is 2. The largest absolute Gasteiger partial charge is 0.310 e. The molecule has 0 unspecified atom stereocenters. The Balaban J connectivity index is 1.52. The van der Waals surface area contributed by atoms with Crippen LogP contribution in [0.5, 0.6) is 0 Å². The van der Waals surface area contributed by atoms with Gasteiger partial charge in [-0.15, -0.1) is 0 Å². The van der Waals surface area contributed by atoms with Crippen molar-refractivity contribution in [2.24, 2.45) is 5.92 Å². The molecule has 2 aromatic heterocycles. The van der Waals surface area contributed by atoms with Crippen LogP contribution in [0, 0.1) is 19.8 Å². The number of carbonyl (C=O) groups excluding carboxylic acids is 1. The highest BCUT2D eigenvalue weighted by atomic mass is 16.2. The minimum Gasteiger partial charge on any atom is -0.310 e. The Kier molecular flexibility index (Phi) is 4.20. The van der Waals surface area contributed by atoms with Crippen LogP contribution in [0.4, 0.5) is 5.82 Å². The maximum Gasteiger partial charge on any atom is 0.229 e. The maximum atomic E-state index is 13.1. The normalized spacial score (nSPS) is 18.0. The molecule has 4 aromatic rings. The van der Waals surface area contributed by atoms with Gasteiger partial charge in [0.15, 0.2) is 0 Å². The zero-order valence-electron chi connectivity index (χ0n) is 16.6. The standard InChI is InChI=1S/C25H23N3O/c1-16-12-13-28-22(14-16)26-23(19-11-7-6-8-17(19)2)24(28)27-25(29)21-15-20(21)18-9-4-3-5-10-18/h3-14,20-21H,15H2,1-2H3,(H,27,29)/t20-,21-/m0/s1. The van der Waals surface area contributed by atoms with E-state index in [4.69, 9.17) is 4.98 Å². The monoisotopic (exact) mass is 381 g/mol. The van der Waals surface area contributed by atoms with Crippen molar-refractivity contribution in [2.45, 2.75) is 26.2 Å². The summed E-state index contributed by atoms with van der Waals surface area (Å²) in [6, 6.07) is 22.5. The molecule has 1 saturated carbocycles. The van der Waals surface area contributed by atoms with Crippen molar-refractivity contribution in [1.29, 1.82) is 0 Å². The topological polar surface area (TPSA) is 46.4 Å². The van der Waals surface area contributed by atoms with E-state index in [2.05, 4.69) is 43.4 Å². The summed E-state index contributed by atoms with van der Waals surface area (Å²) in [7, 11) is 0. The lowest BCUT2D eigenvalue weighted by Gasteiger charge is -2.09. The van der Waals surface area contributed by atoms with Gasteiger partial charge < -0.3 is 5.32 Å². The van der Waals surface area contributed by atoms with E-state index in [-0.39, 0.29) is 11.8 Å². The zero-order chi connectivity index (χ0) is 20.0. The van der Waals surface area contributed by atoms with Gasteiger partial charge in [-0.1, -0.05) is 54.6 Å². The number of carbonyl (C=O) groups is 1. The van der Waals surface area contributed by atoms with Gasteiger partial charge in [0.2, 0.25) is 5.91 Å². The van der Waals surface area contributed by atoms with Gasteiger partial charge >= 0.3 is 0 Å². The number of hydrogen-bond donors (Lipinski definition) is 1. The molecule has 1 aliphatic carbocycles. The molecule has 2 atom stereocenters. The van der Waals surface area contributed by atoms with E-state index < -0.39 is 0 Å². The van der Waals surface area contributed by atoms with Crippen LogP contribution >= 0.6 is 0 Å². The average molecular weight is 381 g/mol. The smallest absolute Gasteiger partial charge is 0.229 e. The van der Waals surface area contributed by atoms with Crippen LogP contribution in [0.25, 0.3) is 16.9 Å². The number of rotatable bonds is 4. The molecule has 5 rings (SSSR count). The van der Waals surface area contributed by atoms with Crippen LogP contribution in [-0.2, 0) is 4.79 Å². The van der Waals surface area contributed by atoms with Crippen LogP contribution in [-0.4, -0.2) is 15.3 Å². The quantitative estimate of drug-likeness (QED) is 0.517. The van der Waals surface area contributed by atoms with Gasteiger partial charge in [-0.2, -0.15) is 0 Å². The number of nitrogens with zero attached hydrogens (tertiary/aromatic N) is 2. The van der Waals surface area contributed by atoms with E-state index in [1.54, 1.807) is 0 Å². The van der Waals surface area contributed by atoms with Crippen LogP contribution < -0.4 is 5.32 Å². The van der Waals surface area contributed by atoms with Gasteiger partial charge in [-0.05, 0) is 55.0 Å². The Bertz CT molecular complexity index is 1210. The Hall–Kier alpha value is -3.40. The van der Waals surface area contributed by atoms with E-state index in [1.807, 2.05) is 53.1 Å². The second-order valence-corrected chi connectivity index (χ2v) is 7.90. The molecule has 4 nitrogen and oxygen atoms in total. The van der Waals surface area contributed by atoms with Crippen LogP contribution in [0.3, 0.4) is 0 Å². The Morgan fingerprint density at radius 2 is 1.79 bits per heavy atom. The number of anilines is 1. The van der Waals surface area contributed by atoms with Crippen molar-refractivity contribution >= 4 is 17.4 Å². The van der Waals surface area contributed by atoms with Crippen LogP contribution in [0.1, 0.15) is 29.0 Å². The summed E-state index contributed by atoms with van der Waals surface area (Å²) in [5.74, 6) is 1.13. The molecule has 0 radical (unpaired) electrons. The van der Waals surface area contributed by atoms with E-state index in [9.17, 15) is 4.79 Å². The lowest BCUT2D eigenvalue weighted by atomic mass is 10.1. The van der Waals surface area contributed by atoms with Gasteiger partial charge in [0.25, 0.3) is 0 Å². The number of imidazole rings is 1. The lowest BCUT2D eigenvalue weighted by molar-refractivity contribution is -0.117. The molecule has 1 N–H and O–H groups in total. The van der Waals surface area contributed by atoms with Crippen LogP contribution in [0.2, 0.25) is 0 Å². The SMILES string of the molecule is Cc1ccn2c(NC(=O)[C@H]3C[C@H]3c3ccccc3)c(-c3ccccc3C)nc2c1. The highest BCUT2D eigenvalue weighted by Gasteiger charge is 2.44. The van der Waals surface area contributed by atoms with Crippen molar-refractivity contribution in [3.8, 4) is 11.3 Å². The third-order valence-electron chi connectivity index (χ3n) is 5.78. The molecule has 144 valence electrons. The Labute approximate surface area is 170 Å². The number of aromatic nitrogens is 2. The average Bonchev–Trinajstić information content (AvgIpc) is 3.47. The molecular weight excluding hydrogens is 358 g/mol. The molecule has 1 aliphatic rings. The fourth-order valence-corrected chi connectivity index (χ4v) is 4.06. The van der Waals surface area contributed by atoms with Crippen LogP contribution in [0.15, 0.2) is 72.9 Å². The van der Waals surface area contributed by atoms with E-state index in [1.165, 1.54) is 5.56 Å². The first kappa shape index (κ1) is 17.7. The molecule has 0 spiro atoms. The third kappa shape index (κ3) is 3.21. The minimum atomic E-state index is 0.0121. The summed E-state index contributed by atoms with van der Waals surface area (Å²) in [5, 5.41) is 3.20. The zero-order valence-corrected chi connectivity index (χ0v) is 16.6. The number of pyridine rings is 1. The first-order valence-electron chi connectivity index (χ1n) is 10.0. The molecule has 4 heteroatoms. The number of fused-ring (bicyclic) bond motifs is 1. The second-order valence-electron chi connectivity index (χ2n) is 7.90. The number of nitrogens with one attached hydrogen (secondary N) is 1. The summed E-state index contributed by atoms with van der Waals surface area (Å²) in [4.78, 5) is 17.9. The van der Waals surface area contributed by atoms with Crippen molar-refractivity contribution < 1.29 is 4.79 Å². The molecule has 0 bridgehead atoms. The summed E-state index contributed by atoms with van der Waals surface area (Å²) in [6.07, 6.45) is 2.88. The summed E-state index contributed by atoms with van der Waals surface area (Å²) < 4.78 is 1.98. The maximum absolute atomic E-state index is 13.1.